The molecule has 0 spiro atoms. The number of hydrogen-bond donors (Lipinski definition) is 2. The molecule has 2 saturated heterocycles. The van der Waals surface area contributed by atoms with E-state index in [0.29, 0.717) is 22.2 Å². The summed E-state index contributed by atoms with van der Waals surface area (Å²) in [6.07, 6.45) is 0.963. The second-order valence-electron chi connectivity index (χ2n) is 10.00. The highest BCUT2D eigenvalue weighted by Gasteiger charge is 2.47. The van der Waals surface area contributed by atoms with Crippen LogP contribution in [0.1, 0.15) is 31.7 Å². The molecular formula is C25H34Cl2N4O7. The summed E-state index contributed by atoms with van der Waals surface area (Å²) in [7, 11) is 1.26. The van der Waals surface area contributed by atoms with Crippen molar-refractivity contribution < 1.29 is 33.8 Å². The highest BCUT2D eigenvalue weighted by atomic mass is 35.5. The largest absolute Gasteiger partial charge is 0.481 e. The lowest BCUT2D eigenvalue weighted by Crippen LogP contribution is -2.70. The molecule has 1 aromatic carbocycles. The molecule has 1 aromatic rings. The van der Waals surface area contributed by atoms with E-state index in [1.807, 2.05) is 6.92 Å². The maximum Gasteiger partial charge on any atom is 0.409 e. The number of carbonyl (C=O) groups is 4. The Kier molecular flexibility index (Phi) is 10.2. The normalized spacial score (nSPS) is 22.7. The van der Waals surface area contributed by atoms with Crippen LogP contribution in [0.15, 0.2) is 18.2 Å². The highest BCUT2D eigenvalue weighted by Crippen LogP contribution is 2.30. The van der Waals surface area contributed by atoms with Crippen molar-refractivity contribution >= 4 is 47.1 Å². The number of amides is 2. The van der Waals surface area contributed by atoms with Crippen molar-refractivity contribution in [2.24, 2.45) is 5.73 Å². The zero-order valence-electron chi connectivity index (χ0n) is 21.5. The van der Waals surface area contributed by atoms with Crippen LogP contribution < -0.4 is 5.73 Å². The maximum atomic E-state index is 13.7. The first-order chi connectivity index (χ1) is 17.9. The summed E-state index contributed by atoms with van der Waals surface area (Å²) in [6, 6.07) is 2.93. The maximum absolute atomic E-state index is 13.7. The molecule has 0 aromatic heterocycles. The molecule has 0 unspecified atom stereocenters. The van der Waals surface area contributed by atoms with E-state index in [0.717, 1.165) is 25.9 Å². The number of carboxylic acids is 1. The molecule has 210 valence electrons. The number of benzene rings is 1. The van der Waals surface area contributed by atoms with Crippen molar-refractivity contribution in [1.82, 2.24) is 14.7 Å². The van der Waals surface area contributed by atoms with Crippen LogP contribution in [0.4, 0.5) is 4.79 Å². The van der Waals surface area contributed by atoms with Crippen molar-refractivity contribution in [1.29, 1.82) is 0 Å². The number of carboxylic acid groups (broad SMARTS) is 1. The number of halogens is 2. The van der Waals surface area contributed by atoms with E-state index in [-0.39, 0.29) is 32.0 Å². The van der Waals surface area contributed by atoms with Crippen molar-refractivity contribution in [2.45, 2.75) is 50.2 Å². The first-order valence-corrected chi connectivity index (χ1v) is 13.1. The third-order valence-corrected chi connectivity index (χ3v) is 7.66. The van der Waals surface area contributed by atoms with Gasteiger partial charge in [-0.2, -0.15) is 0 Å². The smallest absolute Gasteiger partial charge is 0.409 e. The fraction of sp³-hybridized carbons (Fsp3) is 0.600. The number of hydrogen-bond acceptors (Lipinski definition) is 8. The van der Waals surface area contributed by atoms with Gasteiger partial charge in [-0.15, -0.1) is 0 Å². The van der Waals surface area contributed by atoms with Gasteiger partial charge in [-0.1, -0.05) is 29.3 Å². The first-order valence-electron chi connectivity index (χ1n) is 12.4. The van der Waals surface area contributed by atoms with Crippen LogP contribution in [0.5, 0.6) is 0 Å². The van der Waals surface area contributed by atoms with Crippen molar-refractivity contribution in [3.05, 3.63) is 33.8 Å². The molecule has 0 saturated carbocycles. The number of rotatable bonds is 9. The van der Waals surface area contributed by atoms with Crippen LogP contribution >= 0.6 is 23.2 Å². The Balaban J connectivity index is 1.85. The lowest BCUT2D eigenvalue weighted by Gasteiger charge is -2.52. The van der Waals surface area contributed by atoms with E-state index >= 15 is 0 Å². The minimum atomic E-state index is -1.35. The lowest BCUT2D eigenvalue weighted by atomic mass is 9.91. The minimum absolute atomic E-state index is 0.0562. The number of piperazine rings is 1. The molecule has 2 aliphatic rings. The minimum Gasteiger partial charge on any atom is -0.481 e. The molecule has 0 radical (unpaired) electrons. The molecule has 2 aliphatic heterocycles. The fourth-order valence-electron chi connectivity index (χ4n) is 5.02. The van der Waals surface area contributed by atoms with Crippen molar-refractivity contribution in [2.75, 3.05) is 46.4 Å². The van der Waals surface area contributed by atoms with E-state index in [4.69, 9.17) is 43.5 Å². The Morgan fingerprint density at radius 1 is 1.18 bits per heavy atom. The van der Waals surface area contributed by atoms with E-state index < -0.39 is 42.1 Å². The van der Waals surface area contributed by atoms with Gasteiger partial charge in [-0.05, 0) is 50.6 Å². The standard InChI is InChI=1S/C25H34Cl2N4O7/c1-25(14-29-7-3-4-8-29)15-30(24(36)37-2)17(13-38-23(35)20(28)11-22(33)34)12-31(25)21(32)10-16-5-6-18(26)19(27)9-16/h5-6,9,17,20H,3-4,7-8,10-15,28H2,1-2H3,(H,33,34)/t17-,20-,25-/m1/s1. The van der Waals surface area contributed by atoms with Gasteiger partial charge >= 0.3 is 18.0 Å². The van der Waals surface area contributed by atoms with Crippen LogP contribution in [0, 0.1) is 0 Å². The predicted octanol–water partition coefficient (Wildman–Crippen LogP) is 2.01. The summed E-state index contributed by atoms with van der Waals surface area (Å²) >= 11 is 12.2. The SMILES string of the molecule is COC(=O)N1C[C@@](C)(CN2CCCC2)N(C(=O)Cc2ccc(Cl)c(Cl)c2)C[C@@H]1COC(=O)[C@H](N)CC(=O)O. The third kappa shape index (κ3) is 7.49. The van der Waals surface area contributed by atoms with Crippen LogP contribution in [-0.4, -0.2) is 108 Å². The number of nitrogens with zero attached hydrogens (tertiary/aromatic N) is 3. The summed E-state index contributed by atoms with van der Waals surface area (Å²) in [6.45, 7) is 4.20. The number of aliphatic carboxylic acids is 1. The molecule has 2 fully saturated rings. The molecule has 3 atom stereocenters. The topological polar surface area (TPSA) is 143 Å². The average Bonchev–Trinajstić information content (AvgIpc) is 3.36. The molecular weight excluding hydrogens is 539 g/mol. The molecule has 38 heavy (non-hydrogen) atoms. The monoisotopic (exact) mass is 572 g/mol. The highest BCUT2D eigenvalue weighted by molar-refractivity contribution is 6.42. The van der Waals surface area contributed by atoms with Crippen LogP contribution in [0.3, 0.4) is 0 Å². The van der Waals surface area contributed by atoms with E-state index in [1.54, 1.807) is 23.1 Å². The van der Waals surface area contributed by atoms with E-state index in [2.05, 4.69) is 4.90 Å². The van der Waals surface area contributed by atoms with Gasteiger partial charge in [0.05, 0.1) is 41.6 Å². The van der Waals surface area contributed by atoms with Gasteiger partial charge in [-0.3, -0.25) is 19.3 Å². The quantitative estimate of drug-likeness (QED) is 0.424. The summed E-state index contributed by atoms with van der Waals surface area (Å²) in [5.41, 5.74) is 5.55. The van der Waals surface area contributed by atoms with Gasteiger partial charge in [0, 0.05) is 19.6 Å². The number of esters is 1. The first kappa shape index (κ1) is 29.9. The summed E-state index contributed by atoms with van der Waals surface area (Å²) in [4.78, 5) is 55.1. The van der Waals surface area contributed by atoms with Crippen molar-refractivity contribution in [3.8, 4) is 0 Å². The van der Waals surface area contributed by atoms with E-state index in [1.165, 1.54) is 12.0 Å². The van der Waals surface area contributed by atoms with Crippen molar-refractivity contribution in [3.63, 3.8) is 0 Å². The number of likely N-dealkylation sites (tertiary alicyclic amines) is 1. The Hall–Kier alpha value is -2.60. The van der Waals surface area contributed by atoms with Gasteiger partial charge in [0.15, 0.2) is 0 Å². The van der Waals surface area contributed by atoms with Gasteiger partial charge in [-0.25, -0.2) is 4.79 Å². The average molecular weight is 573 g/mol. The van der Waals surface area contributed by atoms with Gasteiger partial charge < -0.3 is 30.1 Å². The van der Waals surface area contributed by atoms with Crippen LogP contribution in [0.25, 0.3) is 0 Å². The summed E-state index contributed by atoms with van der Waals surface area (Å²) in [5, 5.41) is 9.63. The molecule has 2 heterocycles. The molecule has 2 amide bonds. The Morgan fingerprint density at radius 2 is 1.87 bits per heavy atom. The zero-order valence-corrected chi connectivity index (χ0v) is 23.0. The third-order valence-electron chi connectivity index (χ3n) is 6.92. The Morgan fingerprint density at radius 3 is 2.47 bits per heavy atom. The predicted molar refractivity (Wildman–Crippen MR) is 140 cm³/mol. The van der Waals surface area contributed by atoms with E-state index in [9.17, 15) is 19.2 Å². The number of ether oxygens (including phenoxy) is 2. The molecule has 11 nitrogen and oxygen atoms in total. The summed E-state index contributed by atoms with van der Waals surface area (Å²) in [5.74, 6) is -2.33. The Labute approximate surface area is 231 Å². The van der Waals surface area contributed by atoms with Crippen LogP contribution in [0.2, 0.25) is 10.0 Å². The summed E-state index contributed by atoms with van der Waals surface area (Å²) < 4.78 is 10.3. The second-order valence-corrected chi connectivity index (χ2v) is 10.8. The van der Waals surface area contributed by atoms with Gasteiger partial charge in [0.2, 0.25) is 5.91 Å². The molecule has 13 heteroatoms. The number of nitrogens with two attached hydrogens (primary N) is 1. The number of methoxy groups -OCH3 is 1. The lowest BCUT2D eigenvalue weighted by molar-refractivity contribution is -0.154. The molecule has 3 N–H and O–H groups in total. The Bertz CT molecular complexity index is 1050. The zero-order chi connectivity index (χ0) is 28.0. The molecule has 3 rings (SSSR count). The van der Waals surface area contributed by atoms with Gasteiger partial charge in [0.1, 0.15) is 12.6 Å². The number of carbonyl (C=O) groups excluding carboxylic acids is 3. The van der Waals surface area contributed by atoms with Crippen LogP contribution in [-0.2, 0) is 30.3 Å². The fourth-order valence-corrected chi connectivity index (χ4v) is 5.34. The second kappa shape index (κ2) is 13.0. The molecule has 0 aliphatic carbocycles. The molecule has 0 bridgehead atoms. The van der Waals surface area contributed by atoms with Gasteiger partial charge in [0.25, 0.3) is 0 Å².